The van der Waals surface area contributed by atoms with Gasteiger partial charge in [0.05, 0.1) is 11.7 Å². The maximum atomic E-state index is 12.5. The number of hydrogen-bond donors (Lipinski definition) is 2. The minimum atomic E-state index is -0.721. The highest BCUT2D eigenvalue weighted by atomic mass is 35.5. The molecule has 134 valence electrons. The van der Waals surface area contributed by atoms with Crippen molar-refractivity contribution in [2.24, 2.45) is 5.73 Å². The molecule has 1 amide bonds. The topological polar surface area (TPSA) is 81.2 Å². The fourth-order valence-electron chi connectivity index (χ4n) is 3.32. The monoisotopic (exact) mass is 361 g/mol. The Bertz CT molecular complexity index is 731. The fraction of sp³-hybridized carbons (Fsp3) is 0.474. The molecule has 0 radical (unpaired) electrons. The Hall–Kier alpha value is -1.85. The second-order valence-electron chi connectivity index (χ2n) is 7.09. The van der Waals surface area contributed by atoms with Crippen molar-refractivity contribution in [3.05, 3.63) is 36.4 Å². The van der Waals surface area contributed by atoms with Crippen LogP contribution in [0, 0.1) is 0 Å². The molecular formula is C19H24ClN3O2. The Morgan fingerprint density at radius 3 is 2.48 bits per heavy atom. The van der Waals surface area contributed by atoms with Crippen molar-refractivity contribution >= 4 is 24.0 Å². The zero-order valence-electron chi connectivity index (χ0n) is 14.2. The van der Waals surface area contributed by atoms with Gasteiger partial charge in [-0.2, -0.15) is 0 Å². The summed E-state index contributed by atoms with van der Waals surface area (Å²) in [5.41, 5.74) is 7.28. The molecule has 4 rings (SSSR count). The molecule has 3 N–H and O–H groups in total. The molecule has 2 fully saturated rings. The molecule has 1 heterocycles. The van der Waals surface area contributed by atoms with Gasteiger partial charge in [-0.15, -0.1) is 12.4 Å². The molecule has 0 saturated heterocycles. The molecule has 0 spiro atoms. The van der Waals surface area contributed by atoms with Crippen LogP contribution in [0.5, 0.6) is 0 Å². The van der Waals surface area contributed by atoms with Gasteiger partial charge in [-0.25, -0.2) is 4.98 Å². The highest BCUT2D eigenvalue weighted by molar-refractivity contribution is 5.98. The number of nitrogens with zero attached hydrogens (tertiary/aromatic N) is 1. The van der Waals surface area contributed by atoms with Gasteiger partial charge in [0.25, 0.3) is 0 Å². The van der Waals surface area contributed by atoms with Crippen molar-refractivity contribution in [1.29, 1.82) is 0 Å². The van der Waals surface area contributed by atoms with Gasteiger partial charge in [0, 0.05) is 17.2 Å². The van der Waals surface area contributed by atoms with Gasteiger partial charge < -0.3 is 15.5 Å². The predicted octanol–water partition coefficient (Wildman–Crippen LogP) is 4.24. The molecule has 2 aromatic rings. The average molecular weight is 362 g/mol. The van der Waals surface area contributed by atoms with Gasteiger partial charge in [-0.3, -0.25) is 4.79 Å². The Morgan fingerprint density at radius 2 is 1.84 bits per heavy atom. The molecule has 1 aromatic carbocycles. The summed E-state index contributed by atoms with van der Waals surface area (Å²) in [5.74, 6) is 2.04. The lowest BCUT2D eigenvalue weighted by Gasteiger charge is -2.31. The van der Waals surface area contributed by atoms with Crippen LogP contribution in [0.1, 0.15) is 56.8 Å². The largest absolute Gasteiger partial charge is 0.440 e. The van der Waals surface area contributed by atoms with Crippen molar-refractivity contribution in [2.45, 2.75) is 56.4 Å². The zero-order valence-corrected chi connectivity index (χ0v) is 15.0. The summed E-state index contributed by atoms with van der Waals surface area (Å²) >= 11 is 0. The van der Waals surface area contributed by atoms with Crippen molar-refractivity contribution in [2.75, 3.05) is 5.32 Å². The van der Waals surface area contributed by atoms with E-state index < -0.39 is 5.54 Å². The summed E-state index contributed by atoms with van der Waals surface area (Å²) in [4.78, 5) is 16.8. The van der Waals surface area contributed by atoms with Crippen LogP contribution < -0.4 is 11.1 Å². The maximum absolute atomic E-state index is 12.5. The molecule has 6 heteroatoms. The van der Waals surface area contributed by atoms with E-state index in [0.29, 0.717) is 5.92 Å². The van der Waals surface area contributed by atoms with Gasteiger partial charge >= 0.3 is 0 Å². The molecule has 5 nitrogen and oxygen atoms in total. The number of nitrogens with two attached hydrogens (primary N) is 1. The van der Waals surface area contributed by atoms with E-state index in [1.165, 1.54) is 19.3 Å². The number of carbonyl (C=O) groups is 1. The molecule has 2 aliphatic rings. The van der Waals surface area contributed by atoms with E-state index in [1.807, 2.05) is 24.3 Å². The van der Waals surface area contributed by atoms with Crippen LogP contribution in [0.3, 0.4) is 0 Å². The number of benzene rings is 1. The zero-order chi connectivity index (χ0) is 16.6. The standard InChI is InChI=1S/C19H23N3O2.ClH/c20-19(10-2-1-3-11-19)18(23)22-15-8-6-13(7-9-15)16-12-21-17(24-16)14-4-5-14;/h6-9,12,14H,1-5,10-11,20H2,(H,22,23);1H. The number of rotatable bonds is 4. The number of carbonyl (C=O) groups excluding carboxylic acids is 1. The number of aromatic nitrogens is 1. The third-order valence-corrected chi connectivity index (χ3v) is 5.08. The van der Waals surface area contributed by atoms with Gasteiger partial charge in [-0.1, -0.05) is 19.3 Å². The molecule has 0 unspecified atom stereocenters. The Labute approximate surface area is 153 Å². The highest BCUT2D eigenvalue weighted by Gasteiger charge is 2.35. The van der Waals surface area contributed by atoms with E-state index in [4.69, 9.17) is 10.2 Å². The van der Waals surface area contributed by atoms with Crippen LogP contribution in [0.4, 0.5) is 5.69 Å². The molecule has 0 bridgehead atoms. The highest BCUT2D eigenvalue weighted by Crippen LogP contribution is 2.40. The SMILES string of the molecule is Cl.NC1(C(=O)Nc2ccc(-c3cnc(C4CC4)o3)cc2)CCCCC1. The van der Waals surface area contributed by atoms with Gasteiger partial charge in [0.2, 0.25) is 5.91 Å². The first-order chi connectivity index (χ1) is 11.6. The van der Waals surface area contributed by atoms with E-state index in [-0.39, 0.29) is 18.3 Å². The fourth-order valence-corrected chi connectivity index (χ4v) is 3.32. The van der Waals surface area contributed by atoms with Crippen molar-refractivity contribution in [3.63, 3.8) is 0 Å². The summed E-state index contributed by atoms with van der Waals surface area (Å²) in [6.07, 6.45) is 8.86. The van der Waals surface area contributed by atoms with Crippen LogP contribution in [0.25, 0.3) is 11.3 Å². The smallest absolute Gasteiger partial charge is 0.244 e. The van der Waals surface area contributed by atoms with E-state index in [0.717, 1.165) is 48.6 Å². The van der Waals surface area contributed by atoms with E-state index in [2.05, 4.69) is 10.3 Å². The number of oxazole rings is 1. The second kappa shape index (κ2) is 7.18. The second-order valence-corrected chi connectivity index (χ2v) is 7.09. The van der Waals surface area contributed by atoms with Crippen LogP contribution in [0.15, 0.2) is 34.9 Å². The van der Waals surface area contributed by atoms with Crippen molar-refractivity contribution < 1.29 is 9.21 Å². The van der Waals surface area contributed by atoms with Crippen molar-refractivity contribution in [1.82, 2.24) is 4.98 Å². The van der Waals surface area contributed by atoms with Crippen LogP contribution in [-0.2, 0) is 4.79 Å². The minimum absolute atomic E-state index is 0. The number of nitrogens with one attached hydrogen (secondary N) is 1. The molecule has 0 aliphatic heterocycles. The Kier molecular flexibility index (Phi) is 5.16. The Balaban J connectivity index is 0.00000182. The van der Waals surface area contributed by atoms with Crippen LogP contribution in [-0.4, -0.2) is 16.4 Å². The van der Waals surface area contributed by atoms with Crippen LogP contribution >= 0.6 is 12.4 Å². The van der Waals surface area contributed by atoms with Crippen molar-refractivity contribution in [3.8, 4) is 11.3 Å². The first kappa shape index (κ1) is 18.0. The lowest BCUT2D eigenvalue weighted by atomic mass is 9.82. The summed E-state index contributed by atoms with van der Waals surface area (Å²) in [5, 5.41) is 2.95. The number of amides is 1. The van der Waals surface area contributed by atoms with E-state index >= 15 is 0 Å². The lowest BCUT2D eigenvalue weighted by Crippen LogP contribution is -2.52. The molecule has 0 atom stereocenters. The van der Waals surface area contributed by atoms with Crippen LogP contribution in [0.2, 0.25) is 0 Å². The van der Waals surface area contributed by atoms with Gasteiger partial charge in [0.15, 0.2) is 11.7 Å². The first-order valence-corrected chi connectivity index (χ1v) is 8.81. The first-order valence-electron chi connectivity index (χ1n) is 8.81. The number of hydrogen-bond acceptors (Lipinski definition) is 4. The maximum Gasteiger partial charge on any atom is 0.244 e. The summed E-state index contributed by atoms with van der Waals surface area (Å²) < 4.78 is 5.81. The molecule has 1 aromatic heterocycles. The van der Waals surface area contributed by atoms with Gasteiger partial charge in [0.1, 0.15) is 0 Å². The average Bonchev–Trinajstić information content (AvgIpc) is 3.33. The molecular weight excluding hydrogens is 338 g/mol. The summed E-state index contributed by atoms with van der Waals surface area (Å²) in [6.45, 7) is 0. The molecule has 2 saturated carbocycles. The normalized spacial score (nSPS) is 19.1. The van der Waals surface area contributed by atoms with E-state index in [1.54, 1.807) is 6.20 Å². The lowest BCUT2D eigenvalue weighted by molar-refractivity contribution is -0.122. The minimum Gasteiger partial charge on any atom is -0.440 e. The third kappa shape index (κ3) is 3.88. The Morgan fingerprint density at radius 1 is 1.16 bits per heavy atom. The molecule has 2 aliphatic carbocycles. The third-order valence-electron chi connectivity index (χ3n) is 5.08. The summed E-state index contributed by atoms with van der Waals surface area (Å²) in [7, 11) is 0. The quantitative estimate of drug-likeness (QED) is 0.853. The number of halogens is 1. The van der Waals surface area contributed by atoms with E-state index in [9.17, 15) is 4.79 Å². The summed E-state index contributed by atoms with van der Waals surface area (Å²) in [6, 6.07) is 7.66. The number of anilines is 1. The predicted molar refractivity (Wildman–Crippen MR) is 99.8 cm³/mol. The molecule has 25 heavy (non-hydrogen) atoms. The van der Waals surface area contributed by atoms with Gasteiger partial charge in [-0.05, 0) is 49.9 Å².